The normalized spacial score (nSPS) is 25.6. The number of hydrogen-bond acceptors (Lipinski definition) is 3. The minimum Gasteiger partial charge on any atom is -0.375 e. The molecule has 0 aromatic heterocycles. The number of hydrogen-bond donors (Lipinski definition) is 0. The molecule has 0 radical (unpaired) electrons. The van der Waals surface area contributed by atoms with Crippen LogP contribution >= 0.6 is 27.7 Å². The van der Waals surface area contributed by atoms with Crippen LogP contribution < -0.4 is 0 Å². The van der Waals surface area contributed by atoms with Gasteiger partial charge >= 0.3 is 0 Å². The Balaban J connectivity index is 1.74. The van der Waals surface area contributed by atoms with E-state index in [4.69, 9.17) is 4.74 Å². The summed E-state index contributed by atoms with van der Waals surface area (Å²) < 4.78 is 7.04. The second kappa shape index (κ2) is 6.20. The first-order chi connectivity index (χ1) is 9.69. The van der Waals surface area contributed by atoms with Gasteiger partial charge < -0.3 is 4.74 Å². The lowest BCUT2D eigenvalue weighted by atomic mass is 9.79. The zero-order chi connectivity index (χ0) is 14.0. The Hall–Kier alpha value is -0.320. The van der Waals surface area contributed by atoms with Gasteiger partial charge in [0.2, 0.25) is 0 Å². The molecular weight excluding hydrogens is 336 g/mol. The number of ketones is 1. The van der Waals surface area contributed by atoms with Crippen LogP contribution in [-0.2, 0) is 4.74 Å². The zero-order valence-corrected chi connectivity index (χ0v) is 13.8. The van der Waals surface area contributed by atoms with E-state index in [-0.39, 0.29) is 17.3 Å². The lowest BCUT2D eigenvalue weighted by Gasteiger charge is -2.42. The SMILES string of the molecule is O=C(c1cccc(Br)c1)C1CCOC2(CCSCC2)C1. The van der Waals surface area contributed by atoms with Crippen LogP contribution in [0.4, 0.5) is 0 Å². The van der Waals surface area contributed by atoms with Crippen molar-refractivity contribution in [2.45, 2.75) is 31.3 Å². The second-order valence-electron chi connectivity index (χ2n) is 5.71. The van der Waals surface area contributed by atoms with Gasteiger partial charge in [0.1, 0.15) is 0 Å². The van der Waals surface area contributed by atoms with Gasteiger partial charge in [0.05, 0.1) is 5.60 Å². The van der Waals surface area contributed by atoms with E-state index in [1.54, 1.807) is 0 Å². The maximum Gasteiger partial charge on any atom is 0.166 e. The van der Waals surface area contributed by atoms with Crippen LogP contribution in [0.25, 0.3) is 0 Å². The van der Waals surface area contributed by atoms with Crippen LogP contribution in [0.2, 0.25) is 0 Å². The molecule has 3 rings (SSSR count). The lowest BCUT2D eigenvalue weighted by Crippen LogP contribution is -2.44. The van der Waals surface area contributed by atoms with Crippen LogP contribution in [0.3, 0.4) is 0 Å². The summed E-state index contributed by atoms with van der Waals surface area (Å²) in [6.45, 7) is 0.731. The van der Waals surface area contributed by atoms with Crippen molar-refractivity contribution < 1.29 is 9.53 Å². The molecule has 0 N–H and O–H groups in total. The summed E-state index contributed by atoms with van der Waals surface area (Å²) in [5.74, 6) is 2.74. The first-order valence-electron chi connectivity index (χ1n) is 7.20. The largest absolute Gasteiger partial charge is 0.375 e. The van der Waals surface area contributed by atoms with E-state index in [1.807, 2.05) is 36.0 Å². The highest BCUT2D eigenvalue weighted by atomic mass is 79.9. The van der Waals surface area contributed by atoms with Crippen molar-refractivity contribution in [3.8, 4) is 0 Å². The maximum atomic E-state index is 12.7. The Bertz CT molecular complexity index is 491. The van der Waals surface area contributed by atoms with Gasteiger partial charge in [-0.3, -0.25) is 4.79 Å². The number of thioether (sulfide) groups is 1. The average molecular weight is 355 g/mol. The Kier molecular flexibility index (Phi) is 4.53. The molecule has 1 aromatic carbocycles. The molecule has 0 bridgehead atoms. The van der Waals surface area contributed by atoms with Gasteiger partial charge in [-0.05, 0) is 49.3 Å². The molecule has 108 valence electrons. The Morgan fingerprint density at radius 3 is 2.90 bits per heavy atom. The average Bonchev–Trinajstić information content (AvgIpc) is 2.47. The first kappa shape index (κ1) is 14.6. The van der Waals surface area contributed by atoms with Gasteiger partial charge in [0.15, 0.2) is 5.78 Å². The minimum absolute atomic E-state index is 0.0180. The molecule has 1 atom stereocenters. The molecule has 2 saturated heterocycles. The highest BCUT2D eigenvalue weighted by molar-refractivity contribution is 9.10. The van der Waals surface area contributed by atoms with E-state index in [0.29, 0.717) is 0 Å². The molecule has 20 heavy (non-hydrogen) atoms. The molecule has 4 heteroatoms. The van der Waals surface area contributed by atoms with Crippen LogP contribution in [0, 0.1) is 5.92 Å². The molecule has 2 aliphatic rings. The summed E-state index contributed by atoms with van der Waals surface area (Å²) in [7, 11) is 0. The quantitative estimate of drug-likeness (QED) is 0.739. The smallest absolute Gasteiger partial charge is 0.166 e. The van der Waals surface area contributed by atoms with E-state index >= 15 is 0 Å². The number of ether oxygens (including phenoxy) is 1. The second-order valence-corrected chi connectivity index (χ2v) is 7.85. The van der Waals surface area contributed by atoms with Crippen molar-refractivity contribution in [3.05, 3.63) is 34.3 Å². The predicted molar refractivity (Wildman–Crippen MR) is 86.4 cm³/mol. The maximum absolute atomic E-state index is 12.7. The summed E-state index contributed by atoms with van der Waals surface area (Å²) in [6, 6.07) is 7.75. The molecule has 2 nitrogen and oxygen atoms in total. The standard InChI is InChI=1S/C16H19BrO2S/c17-14-3-1-2-12(10-14)15(18)13-4-7-19-16(11-13)5-8-20-9-6-16/h1-3,10,13H,4-9,11H2. The van der Waals surface area contributed by atoms with Crippen molar-refractivity contribution in [2.24, 2.45) is 5.92 Å². The molecular formula is C16H19BrO2S. The molecule has 1 aromatic rings. The highest BCUT2D eigenvalue weighted by Gasteiger charge is 2.40. The highest BCUT2D eigenvalue weighted by Crippen LogP contribution is 2.40. The van der Waals surface area contributed by atoms with Crippen LogP contribution in [-0.4, -0.2) is 29.5 Å². The Morgan fingerprint density at radius 2 is 2.15 bits per heavy atom. The third kappa shape index (κ3) is 3.12. The molecule has 2 heterocycles. The number of rotatable bonds is 2. The van der Waals surface area contributed by atoms with E-state index in [1.165, 1.54) is 0 Å². The van der Waals surface area contributed by atoms with Gasteiger partial charge in [-0.15, -0.1) is 0 Å². The van der Waals surface area contributed by atoms with Crippen molar-refractivity contribution in [2.75, 3.05) is 18.1 Å². The summed E-state index contributed by atoms with van der Waals surface area (Å²) in [5.41, 5.74) is 0.808. The fraction of sp³-hybridized carbons (Fsp3) is 0.562. The van der Waals surface area contributed by atoms with Gasteiger partial charge in [0.25, 0.3) is 0 Å². The van der Waals surface area contributed by atoms with E-state index in [0.717, 1.165) is 53.8 Å². The fourth-order valence-corrected chi connectivity index (χ4v) is 4.86. The van der Waals surface area contributed by atoms with Crippen molar-refractivity contribution in [1.82, 2.24) is 0 Å². The number of carbonyl (C=O) groups excluding carboxylic acids is 1. The van der Waals surface area contributed by atoms with Crippen molar-refractivity contribution in [1.29, 1.82) is 0 Å². The monoisotopic (exact) mass is 354 g/mol. The number of benzene rings is 1. The topological polar surface area (TPSA) is 26.3 Å². The lowest BCUT2D eigenvalue weighted by molar-refractivity contribution is -0.0959. The summed E-state index contributed by atoms with van der Waals surface area (Å²) in [5, 5.41) is 0. The number of halogens is 1. The molecule has 0 amide bonds. The van der Waals surface area contributed by atoms with E-state index in [9.17, 15) is 4.79 Å². The van der Waals surface area contributed by atoms with Gasteiger partial charge in [0, 0.05) is 22.6 Å². The van der Waals surface area contributed by atoms with Crippen LogP contribution in [0.1, 0.15) is 36.0 Å². The molecule has 0 aliphatic carbocycles. The summed E-state index contributed by atoms with van der Waals surface area (Å²) >= 11 is 5.44. The van der Waals surface area contributed by atoms with Crippen molar-refractivity contribution >= 4 is 33.5 Å². The fourth-order valence-electron chi connectivity index (χ4n) is 3.22. The third-order valence-corrected chi connectivity index (χ3v) is 5.86. The minimum atomic E-state index is -0.0180. The first-order valence-corrected chi connectivity index (χ1v) is 9.15. The number of Topliss-reactive ketones (excluding diaryl/α,β-unsaturated/α-hetero) is 1. The van der Waals surface area contributed by atoms with Gasteiger partial charge in [-0.2, -0.15) is 11.8 Å². The molecule has 1 spiro atoms. The zero-order valence-electron chi connectivity index (χ0n) is 11.4. The molecule has 0 saturated carbocycles. The summed E-state index contributed by atoms with van der Waals surface area (Å²) in [4.78, 5) is 12.7. The molecule has 1 unspecified atom stereocenters. The van der Waals surface area contributed by atoms with Gasteiger partial charge in [-0.25, -0.2) is 0 Å². The van der Waals surface area contributed by atoms with Crippen LogP contribution in [0.5, 0.6) is 0 Å². The Labute approximate surface area is 132 Å². The Morgan fingerprint density at radius 1 is 1.35 bits per heavy atom. The van der Waals surface area contributed by atoms with Crippen molar-refractivity contribution in [3.63, 3.8) is 0 Å². The van der Waals surface area contributed by atoms with Gasteiger partial charge in [-0.1, -0.05) is 28.1 Å². The predicted octanol–water partition coefficient (Wildman–Crippen LogP) is 4.32. The summed E-state index contributed by atoms with van der Waals surface area (Å²) in [6.07, 6.45) is 3.96. The van der Waals surface area contributed by atoms with Crippen LogP contribution in [0.15, 0.2) is 28.7 Å². The van der Waals surface area contributed by atoms with E-state index in [2.05, 4.69) is 15.9 Å². The third-order valence-electron chi connectivity index (χ3n) is 4.38. The number of carbonyl (C=O) groups is 1. The molecule has 2 aliphatic heterocycles. The molecule has 2 fully saturated rings. The van der Waals surface area contributed by atoms with E-state index < -0.39 is 0 Å².